The Balaban J connectivity index is 0. The van der Waals surface area contributed by atoms with E-state index in [9.17, 15) is 19.2 Å². The first kappa shape index (κ1) is 19.7. The van der Waals surface area contributed by atoms with E-state index in [1.165, 1.54) is 14.0 Å². The van der Waals surface area contributed by atoms with Crippen LogP contribution < -0.4 is 0 Å². The van der Waals surface area contributed by atoms with E-state index in [4.69, 9.17) is 15.3 Å². The van der Waals surface area contributed by atoms with Crippen molar-refractivity contribution >= 4 is 23.9 Å². The summed E-state index contributed by atoms with van der Waals surface area (Å²) in [6.07, 6.45) is 0.693. The van der Waals surface area contributed by atoms with Gasteiger partial charge in [-0.05, 0) is 13.3 Å². The third kappa shape index (κ3) is 11.8. The van der Waals surface area contributed by atoms with Crippen molar-refractivity contribution in [2.24, 2.45) is 0 Å². The van der Waals surface area contributed by atoms with E-state index in [0.717, 1.165) is 0 Å². The first-order valence-corrected chi connectivity index (χ1v) is 5.24. The molecule has 0 spiro atoms. The molecule has 3 N–H and O–H groups in total. The lowest BCUT2D eigenvalue weighted by Gasteiger charge is -1.99. The summed E-state index contributed by atoms with van der Waals surface area (Å²) in [7, 11) is 1.23. The Morgan fingerprint density at radius 3 is 1.85 bits per heavy atom. The Bertz CT molecular complexity index is 433. The first-order valence-electron chi connectivity index (χ1n) is 5.24. The van der Waals surface area contributed by atoms with Gasteiger partial charge in [-0.3, -0.25) is 4.79 Å². The summed E-state index contributed by atoms with van der Waals surface area (Å²) in [4.78, 5) is 40.3. The Hall–Kier alpha value is -2.64. The maximum Gasteiger partial charge on any atom is 0.333 e. The van der Waals surface area contributed by atoms with Crippen LogP contribution in [-0.4, -0.2) is 46.3 Å². The van der Waals surface area contributed by atoms with E-state index < -0.39 is 23.9 Å². The molecule has 112 valence electrons. The van der Waals surface area contributed by atoms with Crippen LogP contribution in [0.1, 0.15) is 19.8 Å². The lowest BCUT2D eigenvalue weighted by Crippen LogP contribution is -2.05. The van der Waals surface area contributed by atoms with E-state index in [1.807, 2.05) is 0 Å². The second-order valence-electron chi connectivity index (χ2n) is 3.46. The molecule has 0 radical (unpaired) electrons. The third-order valence-corrected chi connectivity index (χ3v) is 1.79. The maximum absolute atomic E-state index is 10.6. The third-order valence-electron chi connectivity index (χ3n) is 1.79. The molecular formula is C12H16O8. The molecule has 0 fully saturated rings. The van der Waals surface area contributed by atoms with Gasteiger partial charge < -0.3 is 20.1 Å². The van der Waals surface area contributed by atoms with Gasteiger partial charge in [0.25, 0.3) is 0 Å². The van der Waals surface area contributed by atoms with Gasteiger partial charge in [-0.1, -0.05) is 6.58 Å². The number of hydrogen-bond donors (Lipinski definition) is 3. The Morgan fingerprint density at radius 1 is 1.10 bits per heavy atom. The van der Waals surface area contributed by atoms with Crippen LogP contribution in [0.15, 0.2) is 23.8 Å². The molecule has 0 unspecified atom stereocenters. The molecule has 8 heteroatoms. The van der Waals surface area contributed by atoms with Crippen molar-refractivity contribution in [2.45, 2.75) is 19.8 Å². The van der Waals surface area contributed by atoms with Gasteiger partial charge in [0.05, 0.1) is 7.11 Å². The zero-order valence-electron chi connectivity index (χ0n) is 11.1. The largest absolute Gasteiger partial charge is 0.481 e. The normalized spacial score (nSPS) is 9.80. The molecule has 0 amide bonds. The highest BCUT2D eigenvalue weighted by Gasteiger charge is 2.07. The van der Waals surface area contributed by atoms with Crippen LogP contribution in [0.25, 0.3) is 0 Å². The number of hydrogen-bond acceptors (Lipinski definition) is 5. The minimum atomic E-state index is -1.24. The van der Waals surface area contributed by atoms with Crippen molar-refractivity contribution in [3.63, 3.8) is 0 Å². The summed E-state index contributed by atoms with van der Waals surface area (Å²) in [6.45, 7) is 4.58. The summed E-state index contributed by atoms with van der Waals surface area (Å²) in [5, 5.41) is 24.3. The van der Waals surface area contributed by atoms with Crippen molar-refractivity contribution in [3.8, 4) is 0 Å². The van der Waals surface area contributed by atoms with Crippen LogP contribution in [0.3, 0.4) is 0 Å². The van der Waals surface area contributed by atoms with Crippen molar-refractivity contribution in [2.75, 3.05) is 7.11 Å². The molecule has 0 saturated carbocycles. The van der Waals surface area contributed by atoms with Crippen LogP contribution >= 0.6 is 0 Å². The number of aliphatic carboxylic acids is 3. The molecule has 8 nitrogen and oxygen atoms in total. The summed E-state index contributed by atoms with van der Waals surface area (Å²) in [6, 6.07) is 0. The van der Waals surface area contributed by atoms with Gasteiger partial charge in [0.2, 0.25) is 0 Å². The van der Waals surface area contributed by atoms with Crippen molar-refractivity contribution in [1.29, 1.82) is 0 Å². The maximum atomic E-state index is 10.6. The lowest BCUT2D eigenvalue weighted by atomic mass is 10.2. The first-order chi connectivity index (χ1) is 9.11. The van der Waals surface area contributed by atoms with Crippen molar-refractivity contribution in [3.05, 3.63) is 23.8 Å². The topological polar surface area (TPSA) is 138 Å². The zero-order valence-corrected chi connectivity index (χ0v) is 11.1. The molecule has 0 bridgehead atoms. The monoisotopic (exact) mass is 288 g/mol. The number of ether oxygens (including phenoxy) is 1. The minimum Gasteiger partial charge on any atom is -0.481 e. The number of rotatable bonds is 6. The smallest absolute Gasteiger partial charge is 0.333 e. The highest BCUT2D eigenvalue weighted by molar-refractivity contribution is 5.94. The number of carbonyl (C=O) groups is 4. The molecule has 0 aliphatic heterocycles. The van der Waals surface area contributed by atoms with E-state index in [0.29, 0.717) is 6.08 Å². The van der Waals surface area contributed by atoms with Crippen LogP contribution in [0, 0.1) is 0 Å². The van der Waals surface area contributed by atoms with Gasteiger partial charge in [-0.15, -0.1) is 0 Å². The van der Waals surface area contributed by atoms with Gasteiger partial charge in [0, 0.05) is 23.6 Å². The molecule has 0 atom stereocenters. The molecular weight excluding hydrogens is 272 g/mol. The molecule has 20 heavy (non-hydrogen) atoms. The molecule has 0 heterocycles. The van der Waals surface area contributed by atoms with Gasteiger partial charge in [0.15, 0.2) is 0 Å². The molecule has 0 aliphatic carbocycles. The SMILES string of the molecule is C/C(=C/C(=O)O)C(=O)O.C=C(CCC(=O)O)C(=O)OC. The number of carboxylic acids is 3. The van der Waals surface area contributed by atoms with E-state index in [-0.39, 0.29) is 24.0 Å². The Kier molecular flexibility index (Phi) is 10.1. The van der Waals surface area contributed by atoms with Gasteiger partial charge in [0.1, 0.15) is 0 Å². The fourth-order valence-corrected chi connectivity index (χ4v) is 0.751. The number of carboxylic acid groups (broad SMARTS) is 3. The fraction of sp³-hybridized carbons (Fsp3) is 0.333. The van der Waals surface area contributed by atoms with Crippen LogP contribution in [0.5, 0.6) is 0 Å². The van der Waals surface area contributed by atoms with Crippen LogP contribution in [0.4, 0.5) is 0 Å². The van der Waals surface area contributed by atoms with Gasteiger partial charge in [-0.25, -0.2) is 14.4 Å². The van der Waals surface area contributed by atoms with Crippen molar-refractivity contribution in [1.82, 2.24) is 0 Å². The quantitative estimate of drug-likeness (QED) is 0.479. The molecule has 0 aromatic heterocycles. The molecule has 0 aromatic rings. The summed E-state index contributed by atoms with van der Waals surface area (Å²) in [5.74, 6) is -3.95. The molecule has 0 aromatic carbocycles. The standard InChI is InChI=1S/C7H10O4.C5H6O4/c1-5(7(10)11-2)3-4-6(8)9;1-3(5(8)9)2-4(6)7/h1,3-4H2,2H3,(H,8,9);2H,1H3,(H,6,7)(H,8,9)/b;3-2-. The van der Waals surface area contributed by atoms with Gasteiger partial charge >= 0.3 is 23.9 Å². The summed E-state index contributed by atoms with van der Waals surface area (Å²) < 4.78 is 4.31. The number of methoxy groups -OCH3 is 1. The highest BCUT2D eigenvalue weighted by atomic mass is 16.5. The average molecular weight is 288 g/mol. The summed E-state index contributed by atoms with van der Waals surface area (Å²) in [5.41, 5.74) is 0.0115. The second-order valence-corrected chi connectivity index (χ2v) is 3.46. The predicted molar refractivity (Wildman–Crippen MR) is 67.1 cm³/mol. The van der Waals surface area contributed by atoms with Crippen LogP contribution in [-0.2, 0) is 23.9 Å². The zero-order chi connectivity index (χ0) is 16.3. The van der Waals surface area contributed by atoms with Gasteiger partial charge in [-0.2, -0.15) is 0 Å². The fourth-order valence-electron chi connectivity index (χ4n) is 0.751. The van der Waals surface area contributed by atoms with E-state index >= 15 is 0 Å². The highest BCUT2D eigenvalue weighted by Crippen LogP contribution is 2.03. The lowest BCUT2D eigenvalue weighted by molar-refractivity contribution is -0.137. The van der Waals surface area contributed by atoms with Crippen molar-refractivity contribution < 1.29 is 39.2 Å². The molecule has 0 rings (SSSR count). The summed E-state index contributed by atoms with van der Waals surface area (Å²) >= 11 is 0. The Labute approximate surface area is 115 Å². The number of esters is 1. The Morgan fingerprint density at radius 2 is 1.60 bits per heavy atom. The number of carbonyl (C=O) groups excluding carboxylic acids is 1. The molecule has 0 aliphatic rings. The van der Waals surface area contributed by atoms with E-state index in [2.05, 4.69) is 11.3 Å². The van der Waals surface area contributed by atoms with E-state index in [1.54, 1.807) is 0 Å². The molecule has 0 saturated heterocycles. The van der Waals surface area contributed by atoms with Crippen LogP contribution in [0.2, 0.25) is 0 Å². The second kappa shape index (κ2) is 10.3. The minimum absolute atomic E-state index is 0.0894. The average Bonchev–Trinajstić information content (AvgIpc) is 2.34. The predicted octanol–water partition coefficient (Wildman–Crippen LogP) is 0.682.